The summed E-state index contributed by atoms with van der Waals surface area (Å²) in [6.45, 7) is 0.00794. The third-order valence-electron chi connectivity index (χ3n) is 2.47. The van der Waals surface area contributed by atoms with Gasteiger partial charge in [0.25, 0.3) is 0 Å². The maximum absolute atomic E-state index is 9.13. The van der Waals surface area contributed by atoms with Crippen LogP contribution in [-0.2, 0) is 13.7 Å². The lowest BCUT2D eigenvalue weighted by Crippen LogP contribution is -1.93. The molecule has 1 N–H and O–H groups in total. The van der Waals surface area contributed by atoms with Gasteiger partial charge in [0, 0.05) is 24.2 Å². The molecule has 14 heavy (non-hydrogen) atoms. The fraction of sp³-hybridized carbons (Fsp3) is 0.273. The number of nitrogens with zero attached hydrogens (tertiary/aromatic N) is 1. The van der Waals surface area contributed by atoms with Gasteiger partial charge < -0.3 is 14.4 Å². The highest BCUT2D eigenvalue weighted by Gasteiger charge is 2.08. The molecule has 0 amide bonds. The molecule has 74 valence electrons. The Morgan fingerprint density at radius 3 is 2.79 bits per heavy atom. The smallest absolute Gasteiger partial charge is 0.133 e. The first kappa shape index (κ1) is 9.09. The van der Waals surface area contributed by atoms with Crippen molar-refractivity contribution in [3.8, 4) is 5.75 Å². The van der Waals surface area contributed by atoms with Gasteiger partial charge in [0.1, 0.15) is 5.75 Å². The summed E-state index contributed by atoms with van der Waals surface area (Å²) in [6, 6.07) is 5.87. The molecule has 1 heterocycles. The summed E-state index contributed by atoms with van der Waals surface area (Å²) in [5.41, 5.74) is 1.94. The number of hydrogen-bond donors (Lipinski definition) is 1. The minimum absolute atomic E-state index is 0.00794. The van der Waals surface area contributed by atoms with E-state index in [-0.39, 0.29) is 6.61 Å². The first-order chi connectivity index (χ1) is 6.77. The molecule has 3 nitrogen and oxygen atoms in total. The molecule has 0 fully saturated rings. The minimum atomic E-state index is 0.00794. The van der Waals surface area contributed by atoms with E-state index in [0.29, 0.717) is 0 Å². The normalized spacial score (nSPS) is 10.8. The monoisotopic (exact) mass is 191 g/mol. The molecule has 0 radical (unpaired) electrons. The van der Waals surface area contributed by atoms with Crippen LogP contribution in [0, 0.1) is 0 Å². The third kappa shape index (κ3) is 1.17. The molecule has 0 spiro atoms. The Kier molecular flexibility index (Phi) is 2.17. The number of aryl methyl sites for hydroxylation is 1. The minimum Gasteiger partial charge on any atom is -0.496 e. The molecule has 0 aliphatic heterocycles. The molecular weight excluding hydrogens is 178 g/mol. The lowest BCUT2D eigenvalue weighted by Gasteiger charge is -2.07. The number of rotatable bonds is 2. The summed E-state index contributed by atoms with van der Waals surface area (Å²) in [6.07, 6.45) is 1.98. The fourth-order valence-electron chi connectivity index (χ4n) is 1.74. The standard InChI is InChI=1S/C11H13NO2/c1-12-6-5-9-10(12)4-3-8(7-13)11(9)14-2/h3-6,13H,7H2,1-2H3. The van der Waals surface area contributed by atoms with Crippen LogP contribution in [0.3, 0.4) is 0 Å². The highest BCUT2D eigenvalue weighted by Crippen LogP contribution is 2.30. The fourth-order valence-corrected chi connectivity index (χ4v) is 1.74. The number of aliphatic hydroxyl groups is 1. The van der Waals surface area contributed by atoms with E-state index in [1.165, 1.54) is 0 Å². The van der Waals surface area contributed by atoms with Gasteiger partial charge in [-0.1, -0.05) is 6.07 Å². The average molecular weight is 191 g/mol. The number of hydrogen-bond acceptors (Lipinski definition) is 2. The molecule has 1 aromatic heterocycles. The molecule has 3 heteroatoms. The summed E-state index contributed by atoms with van der Waals surface area (Å²) < 4.78 is 7.32. The zero-order valence-corrected chi connectivity index (χ0v) is 8.32. The summed E-state index contributed by atoms with van der Waals surface area (Å²) in [7, 11) is 3.61. The zero-order valence-electron chi connectivity index (χ0n) is 8.32. The van der Waals surface area contributed by atoms with E-state index in [1.54, 1.807) is 7.11 Å². The van der Waals surface area contributed by atoms with E-state index in [2.05, 4.69) is 0 Å². The van der Waals surface area contributed by atoms with Gasteiger partial charge in [-0.05, 0) is 12.1 Å². The molecule has 1 aromatic carbocycles. The predicted molar refractivity (Wildman–Crippen MR) is 55.4 cm³/mol. The van der Waals surface area contributed by atoms with E-state index >= 15 is 0 Å². The van der Waals surface area contributed by atoms with Crippen LogP contribution < -0.4 is 4.74 Å². The topological polar surface area (TPSA) is 34.4 Å². The molecule has 0 atom stereocenters. The maximum Gasteiger partial charge on any atom is 0.133 e. The van der Waals surface area contributed by atoms with Crippen molar-refractivity contribution >= 4 is 10.9 Å². The van der Waals surface area contributed by atoms with Gasteiger partial charge in [-0.25, -0.2) is 0 Å². The van der Waals surface area contributed by atoms with Crippen molar-refractivity contribution in [1.29, 1.82) is 0 Å². The molecule has 0 aliphatic carbocycles. The number of methoxy groups -OCH3 is 1. The van der Waals surface area contributed by atoms with Crippen LogP contribution in [0.5, 0.6) is 5.75 Å². The summed E-state index contributed by atoms with van der Waals surface area (Å²) >= 11 is 0. The average Bonchev–Trinajstić information content (AvgIpc) is 2.59. The van der Waals surface area contributed by atoms with Gasteiger partial charge in [0.2, 0.25) is 0 Å². The molecular formula is C11H13NO2. The van der Waals surface area contributed by atoms with E-state index < -0.39 is 0 Å². The molecule has 0 bridgehead atoms. The molecule has 2 aromatic rings. The Hall–Kier alpha value is -1.48. The molecule has 0 saturated heterocycles. The van der Waals surface area contributed by atoms with E-state index in [9.17, 15) is 0 Å². The maximum atomic E-state index is 9.13. The van der Waals surface area contributed by atoms with Crippen LogP contribution in [0.1, 0.15) is 5.56 Å². The Bertz CT molecular complexity index is 460. The summed E-state index contributed by atoms with van der Waals surface area (Å²) in [5.74, 6) is 0.769. The van der Waals surface area contributed by atoms with Crippen LogP contribution in [0.2, 0.25) is 0 Å². The number of ether oxygens (including phenoxy) is 1. The Morgan fingerprint density at radius 2 is 2.14 bits per heavy atom. The van der Waals surface area contributed by atoms with Crippen molar-refractivity contribution in [3.63, 3.8) is 0 Å². The summed E-state index contributed by atoms with van der Waals surface area (Å²) in [4.78, 5) is 0. The van der Waals surface area contributed by atoms with Crippen molar-refractivity contribution in [2.45, 2.75) is 6.61 Å². The van der Waals surface area contributed by atoms with Gasteiger partial charge >= 0.3 is 0 Å². The number of aliphatic hydroxyl groups excluding tert-OH is 1. The first-order valence-corrected chi connectivity index (χ1v) is 4.49. The van der Waals surface area contributed by atoms with Gasteiger partial charge in [-0.2, -0.15) is 0 Å². The molecule has 2 rings (SSSR count). The van der Waals surface area contributed by atoms with Crippen LogP contribution >= 0.6 is 0 Å². The largest absolute Gasteiger partial charge is 0.496 e. The lowest BCUT2D eigenvalue weighted by atomic mass is 10.1. The second-order valence-corrected chi connectivity index (χ2v) is 3.28. The van der Waals surface area contributed by atoms with Crippen molar-refractivity contribution in [3.05, 3.63) is 30.0 Å². The molecule has 0 aliphatic rings. The van der Waals surface area contributed by atoms with Crippen LogP contribution in [-0.4, -0.2) is 16.8 Å². The van der Waals surface area contributed by atoms with Gasteiger partial charge in [-0.3, -0.25) is 0 Å². The zero-order chi connectivity index (χ0) is 10.1. The van der Waals surface area contributed by atoms with Crippen LogP contribution in [0.4, 0.5) is 0 Å². The van der Waals surface area contributed by atoms with Gasteiger partial charge in [0.15, 0.2) is 0 Å². The lowest BCUT2D eigenvalue weighted by molar-refractivity contribution is 0.274. The Morgan fingerprint density at radius 1 is 1.36 bits per heavy atom. The van der Waals surface area contributed by atoms with Crippen molar-refractivity contribution in [1.82, 2.24) is 4.57 Å². The van der Waals surface area contributed by atoms with Crippen molar-refractivity contribution in [2.24, 2.45) is 7.05 Å². The summed E-state index contributed by atoms with van der Waals surface area (Å²) in [5, 5.41) is 10.2. The third-order valence-corrected chi connectivity index (χ3v) is 2.47. The number of fused-ring (bicyclic) bond motifs is 1. The molecule has 0 unspecified atom stereocenters. The van der Waals surface area contributed by atoms with Crippen LogP contribution in [0.15, 0.2) is 24.4 Å². The predicted octanol–water partition coefficient (Wildman–Crippen LogP) is 1.68. The highest BCUT2D eigenvalue weighted by molar-refractivity contribution is 5.87. The van der Waals surface area contributed by atoms with E-state index in [4.69, 9.17) is 9.84 Å². The Balaban J connectivity index is 2.77. The van der Waals surface area contributed by atoms with Gasteiger partial charge in [-0.15, -0.1) is 0 Å². The van der Waals surface area contributed by atoms with E-state index in [1.807, 2.05) is 36.0 Å². The van der Waals surface area contributed by atoms with Crippen LogP contribution in [0.25, 0.3) is 10.9 Å². The second kappa shape index (κ2) is 3.35. The van der Waals surface area contributed by atoms with Gasteiger partial charge in [0.05, 0.1) is 19.2 Å². The highest BCUT2D eigenvalue weighted by atomic mass is 16.5. The second-order valence-electron chi connectivity index (χ2n) is 3.28. The quantitative estimate of drug-likeness (QED) is 0.783. The number of benzene rings is 1. The Labute approximate surface area is 82.5 Å². The first-order valence-electron chi connectivity index (χ1n) is 4.49. The van der Waals surface area contributed by atoms with E-state index in [0.717, 1.165) is 22.2 Å². The molecule has 0 saturated carbocycles. The van der Waals surface area contributed by atoms with Crippen molar-refractivity contribution in [2.75, 3.05) is 7.11 Å². The number of aromatic nitrogens is 1. The van der Waals surface area contributed by atoms with Crippen molar-refractivity contribution < 1.29 is 9.84 Å². The SMILES string of the molecule is COc1c(CO)ccc2c1ccn2C.